The molecule has 3 N–H and O–H groups in total. The molecule has 0 atom stereocenters. The lowest BCUT2D eigenvalue weighted by Gasteiger charge is -2.16. The van der Waals surface area contributed by atoms with Gasteiger partial charge < -0.3 is 19.9 Å². The topological polar surface area (TPSA) is 99.9 Å². The summed E-state index contributed by atoms with van der Waals surface area (Å²) in [6.45, 7) is 4.56. The number of hydrogen-bond acceptors (Lipinski definition) is 7. The first-order valence-corrected chi connectivity index (χ1v) is 12.5. The molecule has 3 aromatic rings. The highest BCUT2D eigenvalue weighted by Gasteiger charge is 2.23. The Morgan fingerprint density at radius 3 is 2.34 bits per heavy atom. The molecule has 0 amide bonds. The Labute approximate surface area is 193 Å². The zero-order valence-electron chi connectivity index (χ0n) is 18.5. The fourth-order valence-electron chi connectivity index (χ4n) is 3.18. The predicted octanol–water partition coefficient (Wildman–Crippen LogP) is 4.59. The smallest absolute Gasteiger partial charge is 0.250 e. The number of ether oxygens (including phenoxy) is 3. The summed E-state index contributed by atoms with van der Waals surface area (Å²) >= 11 is 1.16. The molecule has 2 aromatic carbocycles. The summed E-state index contributed by atoms with van der Waals surface area (Å²) in [6, 6.07) is 12.9. The van der Waals surface area contributed by atoms with E-state index in [1.165, 1.54) is 0 Å². The molecule has 0 aliphatic rings. The molecule has 0 bridgehead atoms. The number of thiophene rings is 1. The fraction of sp³-hybridized carbons (Fsp3) is 0.304. The third-order valence-electron chi connectivity index (χ3n) is 4.85. The number of sulfonamides is 1. The largest absolute Gasteiger partial charge is 0.493 e. The third kappa shape index (κ3) is 5.24. The van der Waals surface area contributed by atoms with E-state index in [-0.39, 0.29) is 23.2 Å². The van der Waals surface area contributed by atoms with Gasteiger partial charge in [0.2, 0.25) is 0 Å². The lowest BCUT2D eigenvalue weighted by Crippen LogP contribution is -2.28. The maximum atomic E-state index is 12.9. The van der Waals surface area contributed by atoms with Crippen LogP contribution in [-0.4, -0.2) is 35.7 Å². The first-order valence-electron chi connectivity index (χ1n) is 10.1. The van der Waals surface area contributed by atoms with E-state index in [4.69, 9.17) is 19.9 Å². The molecule has 0 radical (unpaired) electrons. The molecule has 0 spiro atoms. The van der Waals surface area contributed by atoms with Crippen LogP contribution in [0.2, 0.25) is 0 Å². The Kier molecular flexibility index (Phi) is 7.78. The first-order chi connectivity index (χ1) is 15.3. The molecule has 32 heavy (non-hydrogen) atoms. The highest BCUT2D eigenvalue weighted by Crippen LogP contribution is 2.42. The Morgan fingerprint density at radius 2 is 1.69 bits per heavy atom. The summed E-state index contributed by atoms with van der Waals surface area (Å²) in [6.07, 6.45) is 0. The van der Waals surface area contributed by atoms with Crippen molar-refractivity contribution in [3.63, 3.8) is 0 Å². The Bertz CT molecular complexity index is 1170. The van der Waals surface area contributed by atoms with Crippen molar-refractivity contribution >= 4 is 21.4 Å². The van der Waals surface area contributed by atoms with E-state index < -0.39 is 10.0 Å². The number of nitrogens with two attached hydrogens (primary N) is 1. The van der Waals surface area contributed by atoms with Crippen LogP contribution in [0.1, 0.15) is 25.3 Å². The van der Waals surface area contributed by atoms with Gasteiger partial charge in [0, 0.05) is 30.3 Å². The molecular weight excluding hydrogens is 448 g/mol. The fourth-order valence-corrected chi connectivity index (χ4v) is 5.64. The highest BCUT2D eigenvalue weighted by molar-refractivity contribution is 7.91. The van der Waals surface area contributed by atoms with Crippen molar-refractivity contribution in [2.75, 3.05) is 27.3 Å². The monoisotopic (exact) mass is 476 g/mol. The number of rotatable bonds is 10. The second kappa shape index (κ2) is 10.4. The van der Waals surface area contributed by atoms with Crippen molar-refractivity contribution in [1.82, 2.24) is 4.72 Å². The zero-order chi connectivity index (χ0) is 23.3. The van der Waals surface area contributed by atoms with E-state index in [0.29, 0.717) is 34.1 Å². The Balaban J connectivity index is 2.09. The molecule has 0 fully saturated rings. The van der Waals surface area contributed by atoms with Crippen LogP contribution in [0, 0.1) is 0 Å². The van der Waals surface area contributed by atoms with Crippen molar-refractivity contribution in [1.29, 1.82) is 0 Å². The minimum absolute atomic E-state index is 0.167. The van der Waals surface area contributed by atoms with Crippen LogP contribution in [0.15, 0.2) is 52.1 Å². The molecule has 0 aliphatic heterocycles. The minimum Gasteiger partial charge on any atom is -0.493 e. The van der Waals surface area contributed by atoms with E-state index in [9.17, 15) is 8.42 Å². The molecule has 0 aliphatic carbocycles. The van der Waals surface area contributed by atoms with Gasteiger partial charge in [-0.15, -0.1) is 11.3 Å². The van der Waals surface area contributed by atoms with Crippen LogP contribution in [0.25, 0.3) is 11.1 Å². The van der Waals surface area contributed by atoms with Gasteiger partial charge in [0.1, 0.15) is 15.7 Å². The van der Waals surface area contributed by atoms with Gasteiger partial charge in [-0.2, -0.15) is 0 Å². The van der Waals surface area contributed by atoms with Crippen LogP contribution >= 0.6 is 11.3 Å². The summed E-state index contributed by atoms with van der Waals surface area (Å²) in [7, 11) is -0.579. The van der Waals surface area contributed by atoms with E-state index in [0.717, 1.165) is 16.9 Å². The average molecular weight is 477 g/mol. The van der Waals surface area contributed by atoms with Crippen LogP contribution in [0.4, 0.5) is 0 Å². The van der Waals surface area contributed by atoms with E-state index >= 15 is 0 Å². The van der Waals surface area contributed by atoms with Crippen molar-refractivity contribution in [2.24, 2.45) is 5.73 Å². The van der Waals surface area contributed by atoms with Crippen LogP contribution < -0.4 is 24.7 Å². The molecule has 7 nitrogen and oxygen atoms in total. The predicted molar refractivity (Wildman–Crippen MR) is 128 cm³/mol. The van der Waals surface area contributed by atoms with Crippen LogP contribution in [0.5, 0.6) is 23.0 Å². The number of benzene rings is 2. The highest BCUT2D eigenvalue weighted by atomic mass is 32.2. The normalized spacial score (nSPS) is 11.6. The lowest BCUT2D eigenvalue weighted by molar-refractivity contribution is 0.352. The van der Waals surface area contributed by atoms with Gasteiger partial charge in [0.05, 0.1) is 14.2 Å². The van der Waals surface area contributed by atoms with Crippen molar-refractivity contribution in [2.45, 2.75) is 24.0 Å². The first kappa shape index (κ1) is 24.1. The lowest BCUT2D eigenvalue weighted by atomic mass is 9.98. The summed E-state index contributed by atoms with van der Waals surface area (Å²) in [5.74, 6) is 2.47. The second-order valence-corrected chi connectivity index (χ2v) is 10.2. The number of hydrogen-bond donors (Lipinski definition) is 2. The van der Waals surface area contributed by atoms with Crippen molar-refractivity contribution in [3.05, 3.63) is 53.4 Å². The van der Waals surface area contributed by atoms with Gasteiger partial charge in [-0.05, 0) is 47.2 Å². The second-order valence-electron chi connectivity index (χ2n) is 7.34. The van der Waals surface area contributed by atoms with Crippen molar-refractivity contribution in [3.8, 4) is 34.1 Å². The van der Waals surface area contributed by atoms with Gasteiger partial charge in [-0.1, -0.05) is 19.9 Å². The summed E-state index contributed by atoms with van der Waals surface area (Å²) in [5, 5.41) is 1.76. The van der Waals surface area contributed by atoms with E-state index in [2.05, 4.69) is 18.6 Å². The molecule has 0 saturated carbocycles. The van der Waals surface area contributed by atoms with Gasteiger partial charge in [-0.25, -0.2) is 13.1 Å². The molecule has 0 unspecified atom stereocenters. The molecule has 172 valence electrons. The molecular formula is C23H28N2O5S2. The van der Waals surface area contributed by atoms with Gasteiger partial charge >= 0.3 is 0 Å². The average Bonchev–Trinajstić information content (AvgIpc) is 3.28. The van der Waals surface area contributed by atoms with Gasteiger partial charge in [-0.3, -0.25) is 0 Å². The molecule has 0 saturated heterocycles. The zero-order valence-corrected chi connectivity index (χ0v) is 20.2. The summed E-state index contributed by atoms with van der Waals surface area (Å²) < 4.78 is 45.3. The Hall–Kier alpha value is -2.59. The third-order valence-corrected chi connectivity index (χ3v) is 7.80. The molecule has 9 heteroatoms. The maximum Gasteiger partial charge on any atom is 0.250 e. The van der Waals surface area contributed by atoms with E-state index in [1.54, 1.807) is 43.9 Å². The standard InChI is InChI=1S/C23H28N2O5S2/c1-15(2)16-5-7-20(30-17-6-8-21(28-3)22(14-17)29-4)19(13-16)18-9-12-31-23(18)32(26,27)25-11-10-24/h5-9,12-15,25H,10-11,24H2,1-4H3. The molecule has 1 heterocycles. The number of methoxy groups -OCH3 is 2. The number of nitrogens with one attached hydrogen (secondary N) is 1. The summed E-state index contributed by atoms with van der Waals surface area (Å²) in [5.41, 5.74) is 7.83. The summed E-state index contributed by atoms with van der Waals surface area (Å²) in [4.78, 5) is 0. The van der Waals surface area contributed by atoms with Gasteiger partial charge in [0.25, 0.3) is 10.0 Å². The maximum absolute atomic E-state index is 12.9. The van der Waals surface area contributed by atoms with Gasteiger partial charge in [0.15, 0.2) is 11.5 Å². The molecule has 3 rings (SSSR count). The van der Waals surface area contributed by atoms with E-state index in [1.807, 2.05) is 18.2 Å². The van der Waals surface area contributed by atoms with Crippen LogP contribution in [-0.2, 0) is 10.0 Å². The van der Waals surface area contributed by atoms with Crippen molar-refractivity contribution < 1.29 is 22.6 Å². The minimum atomic E-state index is -3.70. The SMILES string of the molecule is COc1ccc(Oc2ccc(C(C)C)cc2-c2ccsc2S(=O)(=O)NCCN)cc1OC. The quantitative estimate of drug-likeness (QED) is 0.444. The van der Waals surface area contributed by atoms with Crippen LogP contribution in [0.3, 0.4) is 0 Å². The Morgan fingerprint density at radius 1 is 0.969 bits per heavy atom. The molecule has 1 aromatic heterocycles.